The first-order valence-corrected chi connectivity index (χ1v) is 6.35. The zero-order chi connectivity index (χ0) is 13.8. The number of hydrogen-bond acceptors (Lipinski definition) is 6. The van der Waals surface area contributed by atoms with E-state index in [0.717, 1.165) is 12.3 Å². The first-order valence-electron chi connectivity index (χ1n) is 5.03. The molecule has 1 amide bonds. The van der Waals surface area contributed by atoms with Gasteiger partial charge in [0.1, 0.15) is 16.9 Å². The fraction of sp³-hybridized carbons (Fsp3) is 0.100. The van der Waals surface area contributed by atoms with E-state index in [4.69, 9.17) is 11.6 Å². The molecule has 1 N–H and O–H groups in total. The Hall–Kier alpha value is -2.06. The maximum absolute atomic E-state index is 11.9. The van der Waals surface area contributed by atoms with E-state index in [0.29, 0.717) is 5.69 Å². The number of pyridine rings is 1. The topological polar surface area (TPSA) is 98.0 Å². The highest BCUT2D eigenvalue weighted by Crippen LogP contribution is 2.20. The third-order valence-corrected chi connectivity index (χ3v) is 3.05. The van der Waals surface area contributed by atoms with Crippen LogP contribution in [0, 0.1) is 10.1 Å². The van der Waals surface area contributed by atoms with Crippen LogP contribution in [0.25, 0.3) is 0 Å². The smallest absolute Gasteiger partial charge is 0.300 e. The number of carbonyl (C=O) groups excluding carboxylic acids is 1. The molecule has 0 bridgehead atoms. The molecule has 0 aromatic carbocycles. The molecule has 0 aliphatic carbocycles. The maximum atomic E-state index is 11.9. The first kappa shape index (κ1) is 13.4. The summed E-state index contributed by atoms with van der Waals surface area (Å²) in [4.78, 5) is 29.6. The fourth-order valence-electron chi connectivity index (χ4n) is 1.34. The summed E-state index contributed by atoms with van der Waals surface area (Å²) in [6, 6.07) is 1.16. The molecule has 0 radical (unpaired) electrons. The van der Waals surface area contributed by atoms with Crippen molar-refractivity contribution in [2.24, 2.45) is 0 Å². The number of amides is 1. The normalized spacial score (nSPS) is 10.2. The van der Waals surface area contributed by atoms with E-state index in [2.05, 4.69) is 15.3 Å². The quantitative estimate of drug-likeness (QED) is 0.529. The van der Waals surface area contributed by atoms with Gasteiger partial charge in [-0.3, -0.25) is 14.9 Å². The molecule has 9 heteroatoms. The summed E-state index contributed by atoms with van der Waals surface area (Å²) in [5.74, 6) is -0.594. The molecule has 0 atom stereocenters. The molecule has 2 heterocycles. The van der Waals surface area contributed by atoms with Gasteiger partial charge in [-0.2, -0.15) is 0 Å². The Bertz CT molecular complexity index is 617. The standard InChI is InChI=1S/C10H7ClN4O3S/c11-9-1-7(8(3-12-9)15(17)18)10(16)13-2-6-4-19-5-14-6/h1,3-5H,2H2,(H,13,16). The van der Waals surface area contributed by atoms with Crippen molar-refractivity contribution in [3.63, 3.8) is 0 Å². The van der Waals surface area contributed by atoms with Gasteiger partial charge in [-0.1, -0.05) is 11.6 Å². The summed E-state index contributed by atoms with van der Waals surface area (Å²) in [6.07, 6.45) is 0.958. The zero-order valence-corrected chi connectivity index (χ0v) is 10.9. The molecule has 2 aromatic heterocycles. The molecule has 0 aliphatic heterocycles. The summed E-state index contributed by atoms with van der Waals surface area (Å²) in [7, 11) is 0. The fourth-order valence-corrected chi connectivity index (χ4v) is 2.06. The van der Waals surface area contributed by atoms with Crippen LogP contribution >= 0.6 is 22.9 Å². The van der Waals surface area contributed by atoms with Gasteiger partial charge in [0.15, 0.2) is 0 Å². The average molecular weight is 299 g/mol. The summed E-state index contributed by atoms with van der Waals surface area (Å²) in [5.41, 5.74) is 1.80. The SMILES string of the molecule is O=C(NCc1cscn1)c1cc(Cl)ncc1[N+](=O)[O-]. The Morgan fingerprint density at radius 2 is 2.32 bits per heavy atom. The lowest BCUT2D eigenvalue weighted by atomic mass is 10.2. The molecule has 0 fully saturated rings. The highest BCUT2D eigenvalue weighted by molar-refractivity contribution is 7.07. The molecule has 0 saturated carbocycles. The van der Waals surface area contributed by atoms with Crippen LogP contribution in [-0.4, -0.2) is 20.8 Å². The minimum absolute atomic E-state index is 0.0180. The predicted octanol–water partition coefficient (Wildman–Crippen LogP) is 2.03. The van der Waals surface area contributed by atoms with Gasteiger partial charge in [0.2, 0.25) is 0 Å². The molecule has 0 spiro atoms. The van der Waals surface area contributed by atoms with E-state index < -0.39 is 10.8 Å². The lowest BCUT2D eigenvalue weighted by molar-refractivity contribution is -0.385. The van der Waals surface area contributed by atoms with Gasteiger partial charge in [0, 0.05) is 5.38 Å². The van der Waals surface area contributed by atoms with E-state index in [1.54, 1.807) is 10.9 Å². The van der Waals surface area contributed by atoms with Crippen molar-refractivity contribution in [1.82, 2.24) is 15.3 Å². The number of halogens is 1. The number of aromatic nitrogens is 2. The monoisotopic (exact) mass is 298 g/mol. The minimum Gasteiger partial charge on any atom is -0.346 e. The highest BCUT2D eigenvalue weighted by atomic mass is 35.5. The van der Waals surface area contributed by atoms with Crippen LogP contribution in [-0.2, 0) is 6.54 Å². The second-order valence-corrected chi connectivity index (χ2v) is 4.55. The van der Waals surface area contributed by atoms with Crippen molar-refractivity contribution in [3.8, 4) is 0 Å². The van der Waals surface area contributed by atoms with Crippen LogP contribution in [0.2, 0.25) is 5.15 Å². The Kier molecular flexibility index (Phi) is 4.03. The Morgan fingerprint density at radius 3 is 2.95 bits per heavy atom. The van der Waals surface area contributed by atoms with Gasteiger partial charge >= 0.3 is 0 Å². The van der Waals surface area contributed by atoms with Crippen molar-refractivity contribution in [2.45, 2.75) is 6.54 Å². The number of rotatable bonds is 4. The van der Waals surface area contributed by atoms with E-state index in [1.807, 2.05) is 0 Å². The van der Waals surface area contributed by atoms with Crippen LogP contribution in [0.5, 0.6) is 0 Å². The second-order valence-electron chi connectivity index (χ2n) is 3.44. The van der Waals surface area contributed by atoms with Crippen molar-refractivity contribution >= 4 is 34.5 Å². The van der Waals surface area contributed by atoms with Crippen LogP contribution in [0.4, 0.5) is 5.69 Å². The molecule has 7 nitrogen and oxygen atoms in total. The van der Waals surface area contributed by atoms with Crippen LogP contribution in [0.3, 0.4) is 0 Å². The van der Waals surface area contributed by atoms with Gasteiger partial charge in [-0.25, -0.2) is 9.97 Å². The maximum Gasteiger partial charge on any atom is 0.300 e. The Morgan fingerprint density at radius 1 is 1.53 bits per heavy atom. The van der Waals surface area contributed by atoms with Crippen LogP contribution in [0.15, 0.2) is 23.2 Å². The number of nitrogens with zero attached hydrogens (tertiary/aromatic N) is 3. The summed E-state index contributed by atoms with van der Waals surface area (Å²) in [5, 5.41) is 15.1. The molecular formula is C10H7ClN4O3S. The highest BCUT2D eigenvalue weighted by Gasteiger charge is 2.21. The van der Waals surface area contributed by atoms with Crippen LogP contribution < -0.4 is 5.32 Å². The third-order valence-electron chi connectivity index (χ3n) is 2.20. The van der Waals surface area contributed by atoms with Crippen molar-refractivity contribution in [3.05, 3.63) is 49.7 Å². The largest absolute Gasteiger partial charge is 0.346 e. The van der Waals surface area contributed by atoms with Gasteiger partial charge in [0.05, 0.1) is 22.7 Å². The van der Waals surface area contributed by atoms with Gasteiger partial charge in [-0.15, -0.1) is 11.3 Å². The Balaban J connectivity index is 2.18. The van der Waals surface area contributed by atoms with Crippen LogP contribution in [0.1, 0.15) is 16.1 Å². The summed E-state index contributed by atoms with van der Waals surface area (Å²) >= 11 is 7.04. The molecule has 98 valence electrons. The van der Waals surface area contributed by atoms with Gasteiger partial charge < -0.3 is 5.32 Å². The van der Waals surface area contributed by atoms with Crippen molar-refractivity contribution in [1.29, 1.82) is 0 Å². The second kappa shape index (κ2) is 5.72. The summed E-state index contributed by atoms with van der Waals surface area (Å²) in [6.45, 7) is 0.194. The number of nitro groups is 1. The number of carbonyl (C=O) groups is 1. The molecule has 0 saturated heterocycles. The van der Waals surface area contributed by atoms with E-state index in [9.17, 15) is 14.9 Å². The van der Waals surface area contributed by atoms with Crippen molar-refractivity contribution in [2.75, 3.05) is 0 Å². The number of thiazole rings is 1. The summed E-state index contributed by atoms with van der Waals surface area (Å²) < 4.78 is 0. The lowest BCUT2D eigenvalue weighted by Crippen LogP contribution is -2.24. The predicted molar refractivity (Wildman–Crippen MR) is 69.2 cm³/mol. The minimum atomic E-state index is -0.679. The van der Waals surface area contributed by atoms with Gasteiger partial charge in [0.25, 0.3) is 11.6 Å². The molecule has 2 aromatic rings. The van der Waals surface area contributed by atoms with E-state index in [1.165, 1.54) is 11.3 Å². The molecular weight excluding hydrogens is 292 g/mol. The number of nitrogens with one attached hydrogen (secondary N) is 1. The van der Waals surface area contributed by atoms with Gasteiger partial charge in [-0.05, 0) is 6.07 Å². The third kappa shape index (κ3) is 3.24. The lowest BCUT2D eigenvalue weighted by Gasteiger charge is -2.04. The molecule has 0 aliphatic rings. The number of hydrogen-bond donors (Lipinski definition) is 1. The van der Waals surface area contributed by atoms with Crippen molar-refractivity contribution < 1.29 is 9.72 Å². The molecule has 2 rings (SSSR count). The Labute approximate surface area is 116 Å². The van der Waals surface area contributed by atoms with E-state index >= 15 is 0 Å². The zero-order valence-electron chi connectivity index (χ0n) is 9.37. The molecule has 0 unspecified atom stereocenters. The van der Waals surface area contributed by atoms with E-state index in [-0.39, 0.29) is 22.9 Å². The molecule has 19 heavy (non-hydrogen) atoms. The first-order chi connectivity index (χ1) is 9.08. The average Bonchev–Trinajstić information content (AvgIpc) is 2.88.